The van der Waals surface area contributed by atoms with Gasteiger partial charge in [-0.05, 0) is 50.3 Å². The molecule has 1 saturated heterocycles. The summed E-state index contributed by atoms with van der Waals surface area (Å²) in [6.07, 6.45) is 1.85. The summed E-state index contributed by atoms with van der Waals surface area (Å²) in [5.41, 5.74) is 0.0341. The third-order valence-electron chi connectivity index (χ3n) is 4.74. The third kappa shape index (κ3) is 3.11. The molecule has 0 spiro atoms. The maximum absolute atomic E-state index is 12.5. The summed E-state index contributed by atoms with van der Waals surface area (Å²) in [6, 6.07) is 6.40. The Morgan fingerprint density at radius 3 is 2.58 bits per heavy atom. The first-order valence-electron chi connectivity index (χ1n) is 8.00. The number of nitrogens with zero attached hydrogens (tertiary/aromatic N) is 1. The van der Waals surface area contributed by atoms with Crippen LogP contribution >= 0.6 is 11.6 Å². The number of urea groups is 1. The molecule has 1 heterocycles. The van der Waals surface area contributed by atoms with Gasteiger partial charge in [0.05, 0.1) is 6.04 Å². The lowest BCUT2D eigenvalue weighted by Crippen LogP contribution is -2.47. The minimum Gasteiger partial charge on any atom is -0.348 e. The Morgan fingerprint density at radius 1 is 1.38 bits per heavy atom. The predicted molar refractivity (Wildman–Crippen MR) is 89.4 cm³/mol. The zero-order valence-corrected chi connectivity index (χ0v) is 14.4. The van der Waals surface area contributed by atoms with Crippen molar-refractivity contribution < 1.29 is 14.4 Å². The molecule has 0 bridgehead atoms. The van der Waals surface area contributed by atoms with E-state index < -0.39 is 11.6 Å². The van der Waals surface area contributed by atoms with E-state index in [-0.39, 0.29) is 30.3 Å². The fourth-order valence-corrected chi connectivity index (χ4v) is 3.19. The van der Waals surface area contributed by atoms with Crippen molar-refractivity contribution in [1.29, 1.82) is 0 Å². The van der Waals surface area contributed by atoms with E-state index in [1.54, 1.807) is 19.1 Å². The van der Waals surface area contributed by atoms with Gasteiger partial charge in [0.1, 0.15) is 12.1 Å². The molecular weight excluding hydrogens is 330 g/mol. The van der Waals surface area contributed by atoms with Crippen molar-refractivity contribution in [2.24, 2.45) is 5.92 Å². The summed E-state index contributed by atoms with van der Waals surface area (Å²) in [4.78, 5) is 37.8. The number of nitrogens with one attached hydrogen (secondary N) is 2. The minimum atomic E-state index is -0.862. The first-order valence-corrected chi connectivity index (χ1v) is 8.38. The van der Waals surface area contributed by atoms with Gasteiger partial charge in [0.2, 0.25) is 5.91 Å². The highest BCUT2D eigenvalue weighted by Gasteiger charge is 2.56. The molecule has 2 fully saturated rings. The summed E-state index contributed by atoms with van der Waals surface area (Å²) >= 11 is 5.85. The molecule has 1 aromatic carbocycles. The fourth-order valence-electron chi connectivity index (χ4n) is 3.06. The molecule has 4 amide bonds. The largest absolute Gasteiger partial charge is 0.348 e. The van der Waals surface area contributed by atoms with Crippen LogP contribution in [0.4, 0.5) is 4.79 Å². The molecule has 3 rings (SSSR count). The molecule has 2 aliphatic rings. The maximum Gasteiger partial charge on any atom is 0.325 e. The Labute approximate surface area is 145 Å². The van der Waals surface area contributed by atoms with E-state index in [0.29, 0.717) is 5.02 Å². The summed E-state index contributed by atoms with van der Waals surface area (Å²) in [5.74, 6) is -0.514. The van der Waals surface area contributed by atoms with E-state index >= 15 is 0 Å². The summed E-state index contributed by atoms with van der Waals surface area (Å²) in [7, 11) is 0. The number of benzene rings is 1. The normalized spacial score (nSPS) is 24.7. The van der Waals surface area contributed by atoms with Crippen LogP contribution in [0.15, 0.2) is 24.3 Å². The first kappa shape index (κ1) is 16.8. The molecule has 1 saturated carbocycles. The summed E-state index contributed by atoms with van der Waals surface area (Å²) in [6.45, 7) is 3.30. The first-order chi connectivity index (χ1) is 11.3. The Hall–Kier alpha value is -2.08. The van der Waals surface area contributed by atoms with Crippen molar-refractivity contribution in [2.75, 3.05) is 6.54 Å². The molecule has 24 heavy (non-hydrogen) atoms. The second-order valence-corrected chi connectivity index (χ2v) is 7.08. The second-order valence-electron chi connectivity index (χ2n) is 6.64. The molecule has 1 aliphatic carbocycles. The topological polar surface area (TPSA) is 78.5 Å². The van der Waals surface area contributed by atoms with Crippen LogP contribution in [-0.2, 0) is 9.59 Å². The number of imide groups is 1. The smallest absolute Gasteiger partial charge is 0.325 e. The minimum absolute atomic E-state index is 0.176. The second kappa shape index (κ2) is 6.09. The lowest BCUT2D eigenvalue weighted by Gasteiger charge is -2.21. The number of hydrogen-bond acceptors (Lipinski definition) is 3. The number of hydrogen-bond donors (Lipinski definition) is 2. The Bertz CT molecular complexity index is 687. The molecular formula is C17H20ClN3O3. The zero-order valence-electron chi connectivity index (χ0n) is 13.6. The molecule has 128 valence electrons. The molecule has 0 aromatic heterocycles. The van der Waals surface area contributed by atoms with E-state index in [0.717, 1.165) is 23.3 Å². The van der Waals surface area contributed by atoms with Crippen LogP contribution in [0.3, 0.4) is 0 Å². The van der Waals surface area contributed by atoms with Gasteiger partial charge >= 0.3 is 6.03 Å². The highest BCUT2D eigenvalue weighted by atomic mass is 35.5. The lowest BCUT2D eigenvalue weighted by atomic mass is 9.96. The van der Waals surface area contributed by atoms with Crippen molar-refractivity contribution in [3.8, 4) is 0 Å². The van der Waals surface area contributed by atoms with E-state index in [2.05, 4.69) is 10.6 Å². The number of rotatable bonds is 5. The zero-order chi connectivity index (χ0) is 17.5. The van der Waals surface area contributed by atoms with Crippen LogP contribution in [0.1, 0.15) is 38.3 Å². The highest BCUT2D eigenvalue weighted by Crippen LogP contribution is 2.42. The van der Waals surface area contributed by atoms with Crippen LogP contribution in [0.5, 0.6) is 0 Å². The van der Waals surface area contributed by atoms with Gasteiger partial charge in [-0.25, -0.2) is 4.79 Å². The maximum atomic E-state index is 12.5. The van der Waals surface area contributed by atoms with Gasteiger partial charge in [-0.3, -0.25) is 14.5 Å². The molecule has 0 radical (unpaired) electrons. The Kier molecular flexibility index (Phi) is 4.25. The molecule has 2 atom stereocenters. The van der Waals surface area contributed by atoms with Crippen LogP contribution in [-0.4, -0.2) is 34.8 Å². The van der Waals surface area contributed by atoms with Gasteiger partial charge in [-0.15, -0.1) is 0 Å². The molecule has 1 aliphatic heterocycles. The van der Waals surface area contributed by atoms with Crippen LogP contribution in [0.2, 0.25) is 5.02 Å². The van der Waals surface area contributed by atoms with E-state index in [1.165, 1.54) is 0 Å². The van der Waals surface area contributed by atoms with E-state index in [9.17, 15) is 14.4 Å². The quantitative estimate of drug-likeness (QED) is 0.800. The molecule has 1 aromatic rings. The Balaban J connectivity index is 1.61. The van der Waals surface area contributed by atoms with Gasteiger partial charge in [0.25, 0.3) is 5.91 Å². The fraction of sp³-hybridized carbons (Fsp3) is 0.471. The van der Waals surface area contributed by atoms with Gasteiger partial charge < -0.3 is 10.6 Å². The van der Waals surface area contributed by atoms with Gasteiger partial charge in [0, 0.05) is 5.02 Å². The summed E-state index contributed by atoms with van der Waals surface area (Å²) < 4.78 is 0. The number of carbonyl (C=O) groups is 3. The standard InChI is InChI=1S/C17H20ClN3O3/c1-10(11-3-7-13(18)8-4-11)19-14(22)9-21-15(23)17(2,12-5-6-12)20-16(21)24/h3-4,7-8,10,12H,5-6,9H2,1-2H3,(H,19,22)(H,20,24). The Morgan fingerprint density at radius 2 is 2.00 bits per heavy atom. The SMILES string of the molecule is CC(NC(=O)CN1C(=O)NC(C)(C2CC2)C1=O)c1ccc(Cl)cc1. The highest BCUT2D eigenvalue weighted by molar-refractivity contribution is 6.30. The monoisotopic (exact) mass is 349 g/mol. The summed E-state index contributed by atoms with van der Waals surface area (Å²) in [5, 5.41) is 6.15. The van der Waals surface area contributed by atoms with Gasteiger partial charge in [-0.1, -0.05) is 23.7 Å². The third-order valence-corrected chi connectivity index (χ3v) is 5.00. The number of amides is 4. The van der Waals surface area contributed by atoms with Crippen molar-refractivity contribution in [3.05, 3.63) is 34.9 Å². The number of halogens is 1. The van der Waals surface area contributed by atoms with Crippen molar-refractivity contribution in [1.82, 2.24) is 15.5 Å². The van der Waals surface area contributed by atoms with E-state index in [1.807, 2.05) is 19.1 Å². The van der Waals surface area contributed by atoms with Crippen LogP contribution in [0, 0.1) is 5.92 Å². The van der Waals surface area contributed by atoms with Crippen molar-refractivity contribution >= 4 is 29.4 Å². The van der Waals surface area contributed by atoms with Crippen molar-refractivity contribution in [2.45, 2.75) is 38.3 Å². The molecule has 2 unspecified atom stereocenters. The predicted octanol–water partition coefficient (Wildman–Crippen LogP) is 2.24. The van der Waals surface area contributed by atoms with Gasteiger partial charge in [0.15, 0.2) is 0 Å². The van der Waals surface area contributed by atoms with Gasteiger partial charge in [-0.2, -0.15) is 0 Å². The number of carbonyl (C=O) groups excluding carboxylic acids is 3. The molecule has 6 nitrogen and oxygen atoms in total. The molecule has 7 heteroatoms. The van der Waals surface area contributed by atoms with E-state index in [4.69, 9.17) is 11.6 Å². The van der Waals surface area contributed by atoms with Crippen LogP contribution < -0.4 is 10.6 Å². The van der Waals surface area contributed by atoms with Crippen LogP contribution in [0.25, 0.3) is 0 Å². The average Bonchev–Trinajstić information content (AvgIpc) is 3.34. The molecule has 2 N–H and O–H groups in total. The average molecular weight is 350 g/mol. The lowest BCUT2D eigenvalue weighted by molar-refractivity contribution is -0.135. The van der Waals surface area contributed by atoms with Crippen molar-refractivity contribution in [3.63, 3.8) is 0 Å².